The fourth-order valence-corrected chi connectivity index (χ4v) is 2.49. The maximum Gasteiger partial charge on any atom is 0.261 e. The summed E-state index contributed by atoms with van der Waals surface area (Å²) in [6, 6.07) is 3.72. The normalized spacial score (nSPS) is 11.4. The van der Waals surface area contributed by atoms with Crippen molar-refractivity contribution in [3.05, 3.63) is 28.8 Å². The van der Waals surface area contributed by atoms with Gasteiger partial charge in [-0.15, -0.1) is 0 Å². The van der Waals surface area contributed by atoms with Gasteiger partial charge >= 0.3 is 0 Å². The second kappa shape index (κ2) is 8.58. The predicted molar refractivity (Wildman–Crippen MR) is 82.6 cm³/mol. The van der Waals surface area contributed by atoms with Gasteiger partial charge in [-0.2, -0.15) is 0 Å². The largest absolute Gasteiger partial charge is 0.380 e. The summed E-state index contributed by atoms with van der Waals surface area (Å²) >= 11 is 5.89. The lowest BCUT2D eigenvalue weighted by molar-refractivity contribution is 0.0912. The number of hydrogen-bond acceptors (Lipinski definition) is 4. The van der Waals surface area contributed by atoms with Crippen molar-refractivity contribution in [1.82, 2.24) is 5.32 Å². The molecule has 1 aromatic carbocycles. The number of amides is 1. The Hall–Kier alpha value is -0.820. The summed E-state index contributed by atoms with van der Waals surface area (Å²) in [4.78, 5) is 11.8. The van der Waals surface area contributed by atoms with E-state index < -0.39 is 15.0 Å². The van der Waals surface area contributed by atoms with Crippen LogP contribution < -0.4 is 5.32 Å². The number of rotatable bonds is 8. The molecule has 0 radical (unpaired) electrons. The van der Waals surface area contributed by atoms with Crippen molar-refractivity contribution in [1.29, 1.82) is 0 Å². The van der Waals surface area contributed by atoms with Crippen molar-refractivity contribution in [2.24, 2.45) is 0 Å². The Balaban J connectivity index is 2.62. The highest BCUT2D eigenvalue weighted by Gasteiger charge is 2.16. The quantitative estimate of drug-likeness (QED) is 0.576. The first-order valence-corrected chi connectivity index (χ1v) is 9.15. The van der Waals surface area contributed by atoms with E-state index in [1.807, 2.05) is 0 Å². The van der Waals surface area contributed by atoms with Crippen molar-refractivity contribution in [2.75, 3.05) is 19.8 Å². The van der Waals surface area contributed by atoms with E-state index in [0.29, 0.717) is 19.8 Å². The molecule has 0 aliphatic carbocycles. The minimum atomic E-state index is -3.90. The number of carbonyl (C=O) groups is 1. The van der Waals surface area contributed by atoms with Crippen LogP contribution in [0.1, 0.15) is 30.1 Å². The van der Waals surface area contributed by atoms with Crippen LogP contribution in [0, 0.1) is 0 Å². The molecule has 0 spiro atoms. The lowest BCUT2D eigenvalue weighted by atomic mass is 10.2. The maximum atomic E-state index is 11.9. The number of unbranched alkanes of at least 4 members (excludes halogenated alkanes) is 1. The lowest BCUT2D eigenvalue weighted by Crippen LogP contribution is -2.27. The summed E-state index contributed by atoms with van der Waals surface area (Å²) in [6.07, 6.45) is 2.01. The fraction of sp³-hybridized carbons (Fsp3) is 0.462. The summed E-state index contributed by atoms with van der Waals surface area (Å²) in [7, 11) is 1.34. The molecule has 0 heterocycles. The summed E-state index contributed by atoms with van der Waals surface area (Å²) in [5.74, 6) is -0.471. The van der Waals surface area contributed by atoms with Gasteiger partial charge in [-0.1, -0.05) is 24.9 Å². The minimum absolute atomic E-state index is 0.0620. The highest BCUT2D eigenvalue weighted by Crippen LogP contribution is 2.22. The predicted octanol–water partition coefficient (Wildman–Crippen LogP) is 2.81. The average molecular weight is 354 g/mol. The van der Waals surface area contributed by atoms with Crippen LogP contribution in [-0.2, 0) is 13.8 Å². The number of carbonyl (C=O) groups excluding carboxylic acids is 1. The van der Waals surface area contributed by atoms with Gasteiger partial charge in [0.15, 0.2) is 0 Å². The molecule has 1 amide bonds. The van der Waals surface area contributed by atoms with Gasteiger partial charge in [0.25, 0.3) is 15.0 Å². The Bertz CT molecular complexity index is 590. The molecule has 0 bridgehead atoms. The molecule has 0 aromatic heterocycles. The molecule has 1 N–H and O–H groups in total. The van der Waals surface area contributed by atoms with Gasteiger partial charge in [0.1, 0.15) is 0 Å². The Morgan fingerprint density at radius 3 is 2.67 bits per heavy atom. The number of nitrogens with one attached hydrogen (secondary N) is 1. The topological polar surface area (TPSA) is 72.5 Å². The van der Waals surface area contributed by atoms with Crippen LogP contribution in [0.15, 0.2) is 23.1 Å². The molecular weight excluding hydrogens is 337 g/mol. The Morgan fingerprint density at radius 2 is 2.05 bits per heavy atom. The first kappa shape index (κ1) is 18.2. The highest BCUT2D eigenvalue weighted by atomic mass is 35.7. The second-order valence-electron chi connectivity index (χ2n) is 4.30. The maximum absolute atomic E-state index is 11.9. The SMILES string of the molecule is CCCCOCCNC(=O)c1cc(S(=O)(=O)Cl)ccc1Cl. The number of benzene rings is 1. The molecule has 0 aliphatic heterocycles. The summed E-state index contributed by atoms with van der Waals surface area (Å²) in [6.45, 7) is 3.41. The third-order valence-electron chi connectivity index (χ3n) is 2.64. The zero-order chi connectivity index (χ0) is 15.9. The van der Waals surface area contributed by atoms with Crippen molar-refractivity contribution in [3.63, 3.8) is 0 Å². The zero-order valence-corrected chi connectivity index (χ0v) is 13.9. The van der Waals surface area contributed by atoms with E-state index in [0.717, 1.165) is 18.9 Å². The molecule has 0 saturated heterocycles. The zero-order valence-electron chi connectivity index (χ0n) is 11.6. The van der Waals surface area contributed by atoms with E-state index in [1.165, 1.54) is 12.1 Å². The van der Waals surface area contributed by atoms with E-state index in [1.54, 1.807) is 0 Å². The van der Waals surface area contributed by atoms with Crippen LogP contribution in [0.3, 0.4) is 0 Å². The fourth-order valence-electron chi connectivity index (χ4n) is 1.51. The van der Waals surface area contributed by atoms with E-state index in [4.69, 9.17) is 27.0 Å². The molecule has 118 valence electrons. The lowest BCUT2D eigenvalue weighted by Gasteiger charge is -2.08. The second-order valence-corrected chi connectivity index (χ2v) is 7.27. The summed E-state index contributed by atoms with van der Waals surface area (Å²) in [5, 5.41) is 2.77. The number of hydrogen-bond donors (Lipinski definition) is 1. The van der Waals surface area contributed by atoms with Crippen LogP contribution in [-0.4, -0.2) is 34.1 Å². The van der Waals surface area contributed by atoms with E-state index in [9.17, 15) is 13.2 Å². The van der Waals surface area contributed by atoms with Crippen LogP contribution in [0.4, 0.5) is 0 Å². The van der Waals surface area contributed by atoms with Gasteiger partial charge in [0, 0.05) is 23.8 Å². The van der Waals surface area contributed by atoms with Crippen LogP contribution in [0.2, 0.25) is 5.02 Å². The summed E-state index contributed by atoms with van der Waals surface area (Å²) in [5.41, 5.74) is 0.0620. The van der Waals surface area contributed by atoms with Gasteiger partial charge in [-0.25, -0.2) is 8.42 Å². The van der Waals surface area contributed by atoms with E-state index in [-0.39, 0.29) is 15.5 Å². The smallest absolute Gasteiger partial charge is 0.261 e. The number of halogens is 2. The van der Waals surface area contributed by atoms with E-state index >= 15 is 0 Å². The molecule has 1 aromatic rings. The molecule has 0 saturated carbocycles. The van der Waals surface area contributed by atoms with Crippen molar-refractivity contribution in [2.45, 2.75) is 24.7 Å². The molecule has 1 rings (SSSR count). The molecule has 0 fully saturated rings. The van der Waals surface area contributed by atoms with Crippen LogP contribution in [0.5, 0.6) is 0 Å². The van der Waals surface area contributed by atoms with Crippen molar-refractivity contribution in [3.8, 4) is 0 Å². The molecule has 21 heavy (non-hydrogen) atoms. The molecule has 5 nitrogen and oxygen atoms in total. The molecule has 0 unspecified atom stereocenters. The van der Waals surface area contributed by atoms with Crippen LogP contribution in [0.25, 0.3) is 0 Å². The highest BCUT2D eigenvalue weighted by molar-refractivity contribution is 8.13. The standard InChI is InChI=1S/C13H17Cl2NO4S/c1-2-3-7-20-8-6-16-13(17)11-9-10(21(15,18)19)4-5-12(11)14/h4-5,9H,2-3,6-8H2,1H3,(H,16,17). The molecule has 0 atom stereocenters. The Labute approximate surface area is 134 Å². The Morgan fingerprint density at radius 1 is 1.33 bits per heavy atom. The monoisotopic (exact) mass is 353 g/mol. The first-order chi connectivity index (χ1) is 9.86. The van der Waals surface area contributed by atoms with Gasteiger partial charge in [0.2, 0.25) is 0 Å². The van der Waals surface area contributed by atoms with E-state index in [2.05, 4.69) is 12.2 Å². The minimum Gasteiger partial charge on any atom is -0.380 e. The molecule has 0 aliphatic rings. The Kier molecular flexibility index (Phi) is 7.45. The average Bonchev–Trinajstić information content (AvgIpc) is 2.41. The van der Waals surface area contributed by atoms with Gasteiger partial charge in [-0.3, -0.25) is 4.79 Å². The molecule has 8 heteroatoms. The first-order valence-electron chi connectivity index (χ1n) is 6.46. The summed E-state index contributed by atoms with van der Waals surface area (Å²) < 4.78 is 27.8. The van der Waals surface area contributed by atoms with Gasteiger partial charge in [-0.05, 0) is 24.6 Å². The number of ether oxygens (including phenoxy) is 1. The van der Waals surface area contributed by atoms with Gasteiger partial charge in [0.05, 0.1) is 22.1 Å². The van der Waals surface area contributed by atoms with Gasteiger partial charge < -0.3 is 10.1 Å². The third-order valence-corrected chi connectivity index (χ3v) is 4.32. The molecular formula is C13H17Cl2NO4S. The van der Waals surface area contributed by atoms with Crippen molar-refractivity contribution < 1.29 is 17.9 Å². The van der Waals surface area contributed by atoms with Crippen molar-refractivity contribution >= 4 is 37.2 Å². The third kappa shape index (κ3) is 6.22. The van der Waals surface area contributed by atoms with Crippen LogP contribution >= 0.6 is 22.3 Å².